The summed E-state index contributed by atoms with van der Waals surface area (Å²) in [5, 5.41) is 3.94. The molecule has 0 amide bonds. The standard InChI is InChI=1S/C19H13F2N2/c20-15-8-10-17(11-9-15)23-19-7-2-1-4-14(19)13-22(23)18-6-3-5-16(21)12-18/h2-12H,13H2. The second kappa shape index (κ2) is 5.39. The lowest BCUT2D eigenvalue weighted by atomic mass is 10.2. The molecule has 0 atom stereocenters. The molecule has 0 saturated heterocycles. The molecule has 23 heavy (non-hydrogen) atoms. The Morgan fingerprint density at radius 2 is 1.70 bits per heavy atom. The number of nitrogens with zero attached hydrogens (tertiary/aromatic N) is 2. The summed E-state index contributed by atoms with van der Waals surface area (Å²) in [7, 11) is 0. The van der Waals surface area contributed by atoms with Crippen molar-refractivity contribution in [1.82, 2.24) is 0 Å². The summed E-state index contributed by atoms with van der Waals surface area (Å²) in [6, 6.07) is 21.5. The molecule has 0 aromatic heterocycles. The smallest absolute Gasteiger partial charge is 0.125 e. The molecule has 0 saturated carbocycles. The van der Waals surface area contributed by atoms with Crippen molar-refractivity contribution in [2.24, 2.45) is 0 Å². The molecule has 0 N–H and O–H groups in total. The maximum Gasteiger partial charge on any atom is 0.125 e. The molecule has 1 heterocycles. The van der Waals surface area contributed by atoms with Gasteiger partial charge in [0.1, 0.15) is 11.6 Å². The van der Waals surface area contributed by atoms with Gasteiger partial charge >= 0.3 is 0 Å². The van der Waals surface area contributed by atoms with Gasteiger partial charge in [0, 0.05) is 0 Å². The topological polar surface area (TPSA) is 6.48 Å². The molecule has 3 aromatic rings. The first-order valence-corrected chi connectivity index (χ1v) is 7.30. The number of halogens is 2. The Labute approximate surface area is 133 Å². The van der Waals surface area contributed by atoms with E-state index in [1.54, 1.807) is 18.2 Å². The van der Waals surface area contributed by atoms with Crippen LogP contribution in [-0.4, -0.2) is 0 Å². The summed E-state index contributed by atoms with van der Waals surface area (Å²) >= 11 is 0. The lowest BCUT2D eigenvalue weighted by molar-refractivity contribution is 0.626. The van der Waals surface area contributed by atoms with Crippen LogP contribution in [0, 0.1) is 17.7 Å². The minimum Gasteiger partial charge on any atom is -0.276 e. The fourth-order valence-corrected chi connectivity index (χ4v) is 2.86. The van der Waals surface area contributed by atoms with Gasteiger partial charge in [-0.15, -0.1) is 0 Å². The molecular formula is C19H13F2N2. The van der Waals surface area contributed by atoms with E-state index in [-0.39, 0.29) is 11.6 Å². The highest BCUT2D eigenvalue weighted by Crippen LogP contribution is 2.39. The Hall–Kier alpha value is -2.88. The molecule has 113 valence electrons. The first kappa shape index (κ1) is 13.8. The SMILES string of the molecule is Fc1ccc(N2c3cc[c]cc3CN2c2cccc(F)c2)cc1. The van der Waals surface area contributed by atoms with Gasteiger partial charge in [0.25, 0.3) is 0 Å². The van der Waals surface area contributed by atoms with E-state index in [9.17, 15) is 8.78 Å². The van der Waals surface area contributed by atoms with Crippen molar-refractivity contribution in [2.75, 3.05) is 10.0 Å². The molecule has 0 unspecified atom stereocenters. The van der Waals surface area contributed by atoms with Crippen molar-refractivity contribution in [2.45, 2.75) is 6.54 Å². The third-order valence-electron chi connectivity index (χ3n) is 3.89. The van der Waals surface area contributed by atoms with Crippen LogP contribution in [0.1, 0.15) is 5.56 Å². The molecular weight excluding hydrogens is 294 g/mol. The molecule has 0 spiro atoms. The number of fused-ring (bicyclic) bond motifs is 1. The molecule has 0 fully saturated rings. The lowest BCUT2D eigenvalue weighted by Gasteiger charge is -2.32. The minimum atomic E-state index is -0.288. The highest BCUT2D eigenvalue weighted by molar-refractivity contribution is 5.76. The Bertz CT molecular complexity index is 846. The average Bonchev–Trinajstić information content (AvgIpc) is 2.95. The molecule has 0 aliphatic carbocycles. The van der Waals surface area contributed by atoms with Crippen LogP contribution in [0.15, 0.2) is 66.7 Å². The lowest BCUT2D eigenvalue weighted by Crippen LogP contribution is -2.33. The van der Waals surface area contributed by atoms with Gasteiger partial charge in [-0.05, 0) is 66.2 Å². The maximum absolute atomic E-state index is 13.6. The number of anilines is 3. The van der Waals surface area contributed by atoms with E-state index in [2.05, 4.69) is 6.07 Å². The van der Waals surface area contributed by atoms with Crippen molar-refractivity contribution in [1.29, 1.82) is 0 Å². The van der Waals surface area contributed by atoms with Crippen molar-refractivity contribution in [3.05, 3.63) is 90.0 Å². The summed E-state index contributed by atoms with van der Waals surface area (Å²) < 4.78 is 26.9. The van der Waals surface area contributed by atoms with E-state index in [4.69, 9.17) is 0 Å². The van der Waals surface area contributed by atoms with Crippen LogP contribution in [-0.2, 0) is 6.54 Å². The second-order valence-electron chi connectivity index (χ2n) is 5.38. The Morgan fingerprint density at radius 1 is 0.870 bits per heavy atom. The van der Waals surface area contributed by atoms with E-state index < -0.39 is 0 Å². The summed E-state index contributed by atoms with van der Waals surface area (Å²) in [6.07, 6.45) is 0. The van der Waals surface area contributed by atoms with E-state index in [0.717, 1.165) is 22.6 Å². The van der Waals surface area contributed by atoms with Gasteiger partial charge in [-0.1, -0.05) is 12.1 Å². The zero-order valence-electron chi connectivity index (χ0n) is 12.2. The fraction of sp³-hybridized carbons (Fsp3) is 0.0526. The Balaban J connectivity index is 1.84. The van der Waals surface area contributed by atoms with Gasteiger partial charge in [0.15, 0.2) is 0 Å². The number of hydrogen-bond donors (Lipinski definition) is 0. The maximum atomic E-state index is 13.6. The molecule has 4 rings (SSSR count). The molecule has 0 bridgehead atoms. The zero-order chi connectivity index (χ0) is 15.8. The van der Waals surface area contributed by atoms with Crippen LogP contribution < -0.4 is 10.0 Å². The van der Waals surface area contributed by atoms with Crippen LogP contribution in [0.4, 0.5) is 25.8 Å². The highest BCUT2D eigenvalue weighted by atomic mass is 19.1. The molecule has 2 nitrogen and oxygen atoms in total. The number of hydrazine groups is 1. The summed E-state index contributed by atoms with van der Waals surface area (Å²) in [5.74, 6) is -0.573. The molecule has 1 aliphatic heterocycles. The molecule has 3 aromatic carbocycles. The average molecular weight is 307 g/mol. The predicted molar refractivity (Wildman–Crippen MR) is 86.4 cm³/mol. The van der Waals surface area contributed by atoms with Crippen LogP contribution >= 0.6 is 0 Å². The van der Waals surface area contributed by atoms with Crippen LogP contribution in [0.25, 0.3) is 0 Å². The van der Waals surface area contributed by atoms with Gasteiger partial charge in [-0.2, -0.15) is 0 Å². The van der Waals surface area contributed by atoms with Gasteiger partial charge < -0.3 is 0 Å². The minimum absolute atomic E-state index is 0.285. The predicted octanol–water partition coefficient (Wildman–Crippen LogP) is 4.84. The van der Waals surface area contributed by atoms with E-state index >= 15 is 0 Å². The number of hydrogen-bond acceptors (Lipinski definition) is 2. The normalized spacial score (nSPS) is 13.3. The van der Waals surface area contributed by atoms with Gasteiger partial charge in [-0.3, -0.25) is 10.0 Å². The summed E-state index contributed by atoms with van der Waals surface area (Å²) in [5.41, 5.74) is 3.63. The summed E-state index contributed by atoms with van der Waals surface area (Å²) in [6.45, 7) is 0.605. The Kier molecular flexibility index (Phi) is 3.23. The first-order chi connectivity index (χ1) is 11.2. The van der Waals surface area contributed by atoms with Crippen molar-refractivity contribution >= 4 is 17.1 Å². The summed E-state index contributed by atoms with van der Waals surface area (Å²) in [4.78, 5) is 0. The van der Waals surface area contributed by atoms with Gasteiger partial charge in [-0.25, -0.2) is 8.78 Å². The van der Waals surface area contributed by atoms with Crippen LogP contribution in [0.5, 0.6) is 0 Å². The second-order valence-corrected chi connectivity index (χ2v) is 5.38. The third-order valence-corrected chi connectivity index (χ3v) is 3.89. The van der Waals surface area contributed by atoms with Crippen molar-refractivity contribution in [3.8, 4) is 0 Å². The van der Waals surface area contributed by atoms with E-state index in [1.165, 1.54) is 24.3 Å². The molecule has 1 radical (unpaired) electrons. The third kappa shape index (κ3) is 2.42. The quantitative estimate of drug-likeness (QED) is 0.668. The van der Waals surface area contributed by atoms with E-state index in [1.807, 2.05) is 34.3 Å². The van der Waals surface area contributed by atoms with Crippen LogP contribution in [0.2, 0.25) is 0 Å². The first-order valence-electron chi connectivity index (χ1n) is 7.30. The zero-order valence-corrected chi connectivity index (χ0v) is 12.2. The monoisotopic (exact) mass is 307 g/mol. The largest absolute Gasteiger partial charge is 0.276 e. The van der Waals surface area contributed by atoms with Crippen molar-refractivity contribution < 1.29 is 8.78 Å². The van der Waals surface area contributed by atoms with E-state index in [0.29, 0.717) is 6.54 Å². The van der Waals surface area contributed by atoms with Gasteiger partial charge in [0.2, 0.25) is 0 Å². The van der Waals surface area contributed by atoms with Crippen LogP contribution in [0.3, 0.4) is 0 Å². The Morgan fingerprint density at radius 3 is 2.48 bits per heavy atom. The molecule has 4 heteroatoms. The molecule has 1 aliphatic rings. The number of benzene rings is 3. The highest BCUT2D eigenvalue weighted by Gasteiger charge is 2.28. The van der Waals surface area contributed by atoms with Gasteiger partial charge in [0.05, 0.1) is 23.6 Å². The van der Waals surface area contributed by atoms with Crippen molar-refractivity contribution in [3.63, 3.8) is 0 Å². The fourth-order valence-electron chi connectivity index (χ4n) is 2.86. The number of rotatable bonds is 2.